The van der Waals surface area contributed by atoms with E-state index >= 15 is 0 Å². The van der Waals surface area contributed by atoms with Crippen LogP contribution in [-0.4, -0.2) is 76.9 Å². The highest BCUT2D eigenvalue weighted by Crippen LogP contribution is 2.18. The quantitative estimate of drug-likeness (QED) is 0.353. The van der Waals surface area contributed by atoms with E-state index in [1.807, 2.05) is 19.0 Å². The van der Waals surface area contributed by atoms with E-state index < -0.39 is 0 Å². The molecule has 0 atom stereocenters. The third kappa shape index (κ3) is 8.47. The van der Waals surface area contributed by atoms with Crippen molar-refractivity contribution in [2.24, 2.45) is 4.99 Å². The number of nitrogens with one attached hydrogen (secondary N) is 2. The minimum atomic E-state index is 0.587. The SMILES string of the molecule is CCNC(=NCc1csc(N(C)C)n1)NCCN(C)CCCOC. The van der Waals surface area contributed by atoms with Gasteiger partial charge >= 0.3 is 0 Å². The van der Waals surface area contributed by atoms with Crippen LogP contribution in [0, 0.1) is 0 Å². The Kier molecular flexibility index (Phi) is 10.4. The Morgan fingerprint density at radius 2 is 2.08 bits per heavy atom. The van der Waals surface area contributed by atoms with Crippen molar-refractivity contribution in [3.63, 3.8) is 0 Å². The molecule has 1 rings (SSSR count). The summed E-state index contributed by atoms with van der Waals surface area (Å²) >= 11 is 1.64. The van der Waals surface area contributed by atoms with Gasteiger partial charge in [-0.15, -0.1) is 11.3 Å². The predicted octanol–water partition coefficient (Wildman–Crippen LogP) is 1.23. The molecule has 0 bridgehead atoms. The molecule has 0 fully saturated rings. The second kappa shape index (κ2) is 12.0. The average Bonchev–Trinajstić information content (AvgIpc) is 3.02. The van der Waals surface area contributed by atoms with Gasteiger partial charge in [-0.05, 0) is 20.4 Å². The first-order chi connectivity index (χ1) is 11.6. The molecule has 24 heavy (non-hydrogen) atoms. The summed E-state index contributed by atoms with van der Waals surface area (Å²) in [6.07, 6.45) is 1.05. The highest BCUT2D eigenvalue weighted by molar-refractivity contribution is 7.13. The monoisotopic (exact) mass is 356 g/mol. The minimum absolute atomic E-state index is 0.587. The number of rotatable bonds is 11. The Bertz CT molecular complexity index is 477. The number of hydrogen-bond donors (Lipinski definition) is 2. The van der Waals surface area contributed by atoms with Crippen LogP contribution in [0.4, 0.5) is 5.13 Å². The fraction of sp³-hybridized carbons (Fsp3) is 0.750. The molecule has 0 saturated carbocycles. The Hall–Kier alpha value is -1.38. The van der Waals surface area contributed by atoms with Gasteiger partial charge < -0.3 is 25.2 Å². The molecule has 0 spiro atoms. The lowest BCUT2D eigenvalue weighted by Crippen LogP contribution is -2.41. The summed E-state index contributed by atoms with van der Waals surface area (Å²) in [4.78, 5) is 13.5. The molecule has 1 aromatic rings. The minimum Gasteiger partial charge on any atom is -0.385 e. The highest BCUT2D eigenvalue weighted by atomic mass is 32.1. The Labute approximate surface area is 150 Å². The molecule has 0 aliphatic heterocycles. The van der Waals surface area contributed by atoms with E-state index in [-0.39, 0.29) is 0 Å². The third-order valence-corrected chi connectivity index (χ3v) is 4.40. The van der Waals surface area contributed by atoms with Crippen LogP contribution in [0.1, 0.15) is 19.0 Å². The van der Waals surface area contributed by atoms with Gasteiger partial charge in [0.15, 0.2) is 11.1 Å². The maximum Gasteiger partial charge on any atom is 0.191 e. The molecule has 8 heteroatoms. The van der Waals surface area contributed by atoms with Gasteiger partial charge in [-0.2, -0.15) is 0 Å². The largest absolute Gasteiger partial charge is 0.385 e. The lowest BCUT2D eigenvalue weighted by molar-refractivity contribution is 0.180. The highest BCUT2D eigenvalue weighted by Gasteiger charge is 2.04. The van der Waals surface area contributed by atoms with Gasteiger partial charge in [0.2, 0.25) is 0 Å². The Morgan fingerprint density at radius 1 is 1.29 bits per heavy atom. The first-order valence-corrected chi connectivity index (χ1v) is 9.26. The topological polar surface area (TPSA) is 65.0 Å². The number of aliphatic imine (C=N–C) groups is 1. The maximum absolute atomic E-state index is 5.08. The number of likely N-dealkylation sites (N-methyl/N-ethyl adjacent to an activating group) is 1. The molecule has 1 heterocycles. The molecule has 0 aromatic carbocycles. The first kappa shape index (κ1) is 20.7. The zero-order valence-corrected chi connectivity index (χ0v) is 16.4. The van der Waals surface area contributed by atoms with Crippen LogP contribution in [-0.2, 0) is 11.3 Å². The van der Waals surface area contributed by atoms with Crippen molar-refractivity contribution in [2.45, 2.75) is 19.9 Å². The molecule has 2 N–H and O–H groups in total. The van der Waals surface area contributed by atoms with E-state index in [9.17, 15) is 0 Å². The predicted molar refractivity (Wildman–Crippen MR) is 103 cm³/mol. The van der Waals surface area contributed by atoms with Gasteiger partial charge in [0.05, 0.1) is 12.2 Å². The lowest BCUT2D eigenvalue weighted by Gasteiger charge is -2.18. The van der Waals surface area contributed by atoms with Crippen LogP contribution in [0.25, 0.3) is 0 Å². The van der Waals surface area contributed by atoms with Crippen LogP contribution < -0.4 is 15.5 Å². The number of hydrogen-bond acceptors (Lipinski definition) is 6. The molecule has 138 valence electrons. The van der Waals surface area contributed by atoms with Crippen LogP contribution in [0.5, 0.6) is 0 Å². The first-order valence-electron chi connectivity index (χ1n) is 8.38. The van der Waals surface area contributed by atoms with Crippen molar-refractivity contribution in [3.05, 3.63) is 11.1 Å². The molecule has 1 aromatic heterocycles. The van der Waals surface area contributed by atoms with Crippen molar-refractivity contribution in [2.75, 3.05) is 65.9 Å². The van der Waals surface area contributed by atoms with E-state index in [0.29, 0.717) is 6.54 Å². The van der Waals surface area contributed by atoms with E-state index in [0.717, 1.165) is 56.0 Å². The normalized spacial score (nSPS) is 11.8. The second-order valence-electron chi connectivity index (χ2n) is 5.79. The van der Waals surface area contributed by atoms with Gasteiger partial charge in [-0.3, -0.25) is 0 Å². The molecule has 0 amide bonds. The summed E-state index contributed by atoms with van der Waals surface area (Å²) in [5.74, 6) is 0.835. The smallest absolute Gasteiger partial charge is 0.191 e. The molecular weight excluding hydrogens is 324 g/mol. The summed E-state index contributed by atoms with van der Waals surface area (Å²) in [6, 6.07) is 0. The fourth-order valence-corrected chi connectivity index (χ4v) is 2.78. The summed E-state index contributed by atoms with van der Waals surface area (Å²) in [5.41, 5.74) is 0.998. The number of guanidine groups is 1. The van der Waals surface area contributed by atoms with Gasteiger partial charge in [0, 0.05) is 59.4 Å². The molecule has 0 unspecified atom stereocenters. The molecule has 0 saturated heterocycles. The Balaban J connectivity index is 2.39. The summed E-state index contributed by atoms with van der Waals surface area (Å²) in [6.45, 7) is 7.17. The van der Waals surface area contributed by atoms with Crippen molar-refractivity contribution >= 4 is 22.4 Å². The zero-order chi connectivity index (χ0) is 17.8. The standard InChI is InChI=1S/C16H32N6OS/c1-6-17-15(18-8-10-22(4)9-7-11-23-5)19-12-14-13-24-16(20-14)21(2)3/h13H,6-12H2,1-5H3,(H2,17,18,19). The van der Waals surface area contributed by atoms with E-state index in [1.54, 1.807) is 18.4 Å². The summed E-state index contributed by atoms with van der Waals surface area (Å²) in [7, 11) is 7.87. The summed E-state index contributed by atoms with van der Waals surface area (Å²) in [5, 5.41) is 9.72. The van der Waals surface area contributed by atoms with Crippen molar-refractivity contribution in [1.82, 2.24) is 20.5 Å². The van der Waals surface area contributed by atoms with E-state index in [2.05, 4.69) is 44.9 Å². The van der Waals surface area contributed by atoms with E-state index in [4.69, 9.17) is 4.74 Å². The lowest BCUT2D eigenvalue weighted by atomic mass is 10.4. The molecule has 7 nitrogen and oxygen atoms in total. The molecule has 0 aliphatic rings. The summed E-state index contributed by atoms with van der Waals surface area (Å²) < 4.78 is 5.08. The van der Waals surface area contributed by atoms with Crippen LogP contribution in [0.3, 0.4) is 0 Å². The van der Waals surface area contributed by atoms with Gasteiger partial charge in [-0.25, -0.2) is 9.98 Å². The second-order valence-corrected chi connectivity index (χ2v) is 6.62. The molecular formula is C16H32N6OS. The Morgan fingerprint density at radius 3 is 2.71 bits per heavy atom. The van der Waals surface area contributed by atoms with Crippen molar-refractivity contribution < 1.29 is 4.74 Å². The number of thiazole rings is 1. The number of nitrogens with zero attached hydrogens (tertiary/aromatic N) is 4. The number of ether oxygens (including phenoxy) is 1. The molecule has 0 radical (unpaired) electrons. The number of aromatic nitrogens is 1. The van der Waals surface area contributed by atoms with Crippen molar-refractivity contribution in [3.8, 4) is 0 Å². The van der Waals surface area contributed by atoms with Crippen LogP contribution >= 0.6 is 11.3 Å². The van der Waals surface area contributed by atoms with Gasteiger partial charge in [0.25, 0.3) is 0 Å². The van der Waals surface area contributed by atoms with Crippen LogP contribution in [0.15, 0.2) is 10.4 Å². The number of methoxy groups -OCH3 is 1. The zero-order valence-electron chi connectivity index (χ0n) is 15.6. The maximum atomic E-state index is 5.08. The van der Waals surface area contributed by atoms with Gasteiger partial charge in [-0.1, -0.05) is 0 Å². The third-order valence-electron chi connectivity index (χ3n) is 3.34. The van der Waals surface area contributed by atoms with Crippen LogP contribution in [0.2, 0.25) is 0 Å². The fourth-order valence-electron chi connectivity index (χ4n) is 2.03. The van der Waals surface area contributed by atoms with Crippen molar-refractivity contribution in [1.29, 1.82) is 0 Å². The van der Waals surface area contributed by atoms with E-state index in [1.165, 1.54) is 0 Å². The molecule has 0 aliphatic carbocycles. The van der Waals surface area contributed by atoms with Gasteiger partial charge in [0.1, 0.15) is 0 Å². The average molecular weight is 357 g/mol. The number of anilines is 1.